The van der Waals surface area contributed by atoms with E-state index in [1.54, 1.807) is 19.4 Å². The highest BCUT2D eigenvalue weighted by Gasteiger charge is 2.15. The fourth-order valence-corrected chi connectivity index (χ4v) is 0.916. The van der Waals surface area contributed by atoms with Crippen LogP contribution in [0.15, 0.2) is 12.4 Å². The quantitative estimate of drug-likeness (QED) is 0.574. The van der Waals surface area contributed by atoms with Crippen molar-refractivity contribution < 1.29 is 9.90 Å². The van der Waals surface area contributed by atoms with Gasteiger partial charge in [-0.05, 0) is 7.05 Å². The number of aromatic nitrogens is 2. The normalized spacial score (nSPS) is 12.8. The van der Waals surface area contributed by atoms with Gasteiger partial charge in [-0.25, -0.2) is 4.98 Å². The number of rotatable bonds is 4. The lowest BCUT2D eigenvalue weighted by Gasteiger charge is -2.07. The van der Waals surface area contributed by atoms with Gasteiger partial charge in [-0.2, -0.15) is 0 Å². The molecule has 1 rings (SSSR count). The second-order valence-corrected chi connectivity index (χ2v) is 2.42. The van der Waals surface area contributed by atoms with Crippen molar-refractivity contribution >= 4 is 5.97 Å². The largest absolute Gasteiger partial charge is 0.480 e. The van der Waals surface area contributed by atoms with Crippen LogP contribution in [0.3, 0.4) is 0 Å². The molecule has 0 saturated carbocycles. The van der Waals surface area contributed by atoms with Gasteiger partial charge in [-0.15, -0.1) is 0 Å². The average Bonchev–Trinajstić information content (AvgIpc) is 2.51. The van der Waals surface area contributed by atoms with Crippen LogP contribution in [0.5, 0.6) is 0 Å². The van der Waals surface area contributed by atoms with Crippen molar-refractivity contribution in [3.63, 3.8) is 0 Å². The van der Waals surface area contributed by atoms with E-state index in [-0.39, 0.29) is 0 Å². The molecule has 0 amide bonds. The van der Waals surface area contributed by atoms with Gasteiger partial charge >= 0.3 is 5.97 Å². The molecule has 3 N–H and O–H groups in total. The second-order valence-electron chi connectivity index (χ2n) is 2.42. The first-order chi connectivity index (χ1) is 5.74. The highest BCUT2D eigenvalue weighted by molar-refractivity contribution is 5.73. The molecule has 0 aliphatic carbocycles. The minimum Gasteiger partial charge on any atom is -0.480 e. The molecule has 0 spiro atoms. The molecular formula is C7H11N3O2. The minimum atomic E-state index is -0.867. The molecule has 0 fully saturated rings. The molecule has 0 aromatic carbocycles. The Kier molecular flexibility index (Phi) is 2.82. The summed E-state index contributed by atoms with van der Waals surface area (Å²) >= 11 is 0. The molecular weight excluding hydrogens is 158 g/mol. The summed E-state index contributed by atoms with van der Waals surface area (Å²) in [6.07, 6.45) is 3.65. The van der Waals surface area contributed by atoms with Gasteiger partial charge < -0.3 is 15.4 Å². The number of nitrogens with one attached hydrogen (secondary N) is 2. The molecule has 1 atom stereocenters. The van der Waals surface area contributed by atoms with E-state index in [1.807, 2.05) is 0 Å². The molecule has 0 saturated heterocycles. The summed E-state index contributed by atoms with van der Waals surface area (Å²) in [5.74, 6) is -0.189. The van der Waals surface area contributed by atoms with Crippen LogP contribution in [-0.4, -0.2) is 34.1 Å². The molecule has 5 heteroatoms. The third kappa shape index (κ3) is 2.06. The van der Waals surface area contributed by atoms with E-state index in [2.05, 4.69) is 15.3 Å². The van der Waals surface area contributed by atoms with E-state index < -0.39 is 12.0 Å². The van der Waals surface area contributed by atoms with E-state index in [1.165, 1.54) is 0 Å². The lowest BCUT2D eigenvalue weighted by Crippen LogP contribution is -2.36. The minimum absolute atomic E-state index is 0.374. The van der Waals surface area contributed by atoms with Gasteiger partial charge in [0.1, 0.15) is 11.9 Å². The van der Waals surface area contributed by atoms with Crippen LogP contribution in [-0.2, 0) is 11.2 Å². The number of likely N-dealkylation sites (N-methyl/N-ethyl adjacent to an activating group) is 1. The number of hydrogen-bond donors (Lipinski definition) is 3. The number of aliphatic carboxylic acids is 1. The predicted molar refractivity (Wildman–Crippen MR) is 42.8 cm³/mol. The van der Waals surface area contributed by atoms with E-state index in [4.69, 9.17) is 5.11 Å². The van der Waals surface area contributed by atoms with Crippen molar-refractivity contribution in [3.8, 4) is 0 Å². The number of nitrogens with zero attached hydrogens (tertiary/aromatic N) is 1. The van der Waals surface area contributed by atoms with Crippen LogP contribution in [0.1, 0.15) is 5.82 Å². The average molecular weight is 169 g/mol. The first-order valence-corrected chi connectivity index (χ1v) is 3.62. The number of H-pyrrole nitrogens is 1. The zero-order chi connectivity index (χ0) is 8.97. The van der Waals surface area contributed by atoms with Gasteiger partial charge in [0.2, 0.25) is 0 Å². The summed E-state index contributed by atoms with van der Waals surface area (Å²) in [5.41, 5.74) is 0. The van der Waals surface area contributed by atoms with Crippen LogP contribution in [0.4, 0.5) is 0 Å². The smallest absolute Gasteiger partial charge is 0.321 e. The zero-order valence-corrected chi connectivity index (χ0v) is 6.74. The first-order valence-electron chi connectivity index (χ1n) is 3.62. The Balaban J connectivity index is 2.54. The Labute approximate surface area is 69.8 Å². The van der Waals surface area contributed by atoms with Crippen LogP contribution >= 0.6 is 0 Å². The molecule has 1 aromatic rings. The monoisotopic (exact) mass is 169 g/mol. The Morgan fingerprint density at radius 1 is 1.92 bits per heavy atom. The van der Waals surface area contributed by atoms with Crippen molar-refractivity contribution in [3.05, 3.63) is 18.2 Å². The molecule has 0 aliphatic rings. The number of hydrogen-bond acceptors (Lipinski definition) is 3. The summed E-state index contributed by atoms with van der Waals surface area (Å²) in [5, 5.41) is 11.3. The summed E-state index contributed by atoms with van der Waals surface area (Å²) in [4.78, 5) is 17.3. The number of carbonyl (C=O) groups is 1. The first kappa shape index (κ1) is 8.73. The van der Waals surface area contributed by atoms with Gasteiger partial charge in [0.05, 0.1) is 0 Å². The molecule has 5 nitrogen and oxygen atoms in total. The lowest BCUT2D eigenvalue weighted by molar-refractivity contribution is -0.139. The summed E-state index contributed by atoms with van der Waals surface area (Å²) < 4.78 is 0. The summed E-state index contributed by atoms with van der Waals surface area (Å²) in [6, 6.07) is -0.573. The molecule has 0 bridgehead atoms. The van der Waals surface area contributed by atoms with Gasteiger partial charge in [0.25, 0.3) is 0 Å². The Morgan fingerprint density at radius 2 is 2.67 bits per heavy atom. The summed E-state index contributed by atoms with van der Waals surface area (Å²) in [6.45, 7) is 0. The third-order valence-electron chi connectivity index (χ3n) is 1.60. The number of imidazole rings is 1. The second kappa shape index (κ2) is 3.87. The standard InChI is InChI=1S/C7H11N3O2/c1-8-5(7(11)12)4-6-9-2-3-10-6/h2-3,5,8H,4H2,1H3,(H,9,10)(H,11,12). The van der Waals surface area contributed by atoms with E-state index >= 15 is 0 Å². The van der Waals surface area contributed by atoms with Crippen LogP contribution in [0.25, 0.3) is 0 Å². The SMILES string of the molecule is CNC(Cc1ncc[nH]1)C(=O)O. The highest BCUT2D eigenvalue weighted by Crippen LogP contribution is 1.95. The lowest BCUT2D eigenvalue weighted by atomic mass is 10.2. The van der Waals surface area contributed by atoms with E-state index in [0.717, 1.165) is 0 Å². The predicted octanol–water partition coefficient (Wildman–Crippen LogP) is -0.375. The Morgan fingerprint density at radius 3 is 3.08 bits per heavy atom. The molecule has 0 aliphatic heterocycles. The maximum atomic E-state index is 10.6. The topological polar surface area (TPSA) is 78.0 Å². The fourth-order valence-electron chi connectivity index (χ4n) is 0.916. The Hall–Kier alpha value is -1.36. The zero-order valence-electron chi connectivity index (χ0n) is 6.74. The van der Waals surface area contributed by atoms with E-state index in [0.29, 0.717) is 12.2 Å². The molecule has 12 heavy (non-hydrogen) atoms. The number of carboxylic acid groups (broad SMARTS) is 1. The maximum Gasteiger partial charge on any atom is 0.321 e. The number of aromatic amines is 1. The Bertz CT molecular complexity index is 245. The highest BCUT2D eigenvalue weighted by atomic mass is 16.4. The van der Waals surface area contributed by atoms with Crippen molar-refractivity contribution in [1.82, 2.24) is 15.3 Å². The maximum absolute atomic E-state index is 10.6. The summed E-state index contributed by atoms with van der Waals surface area (Å²) in [7, 11) is 1.61. The van der Waals surface area contributed by atoms with Crippen LogP contribution in [0, 0.1) is 0 Å². The molecule has 1 unspecified atom stereocenters. The van der Waals surface area contributed by atoms with Gasteiger partial charge in [-0.1, -0.05) is 0 Å². The van der Waals surface area contributed by atoms with Crippen LogP contribution in [0.2, 0.25) is 0 Å². The van der Waals surface area contributed by atoms with Gasteiger partial charge in [-0.3, -0.25) is 4.79 Å². The fraction of sp³-hybridized carbons (Fsp3) is 0.429. The van der Waals surface area contributed by atoms with Crippen molar-refractivity contribution in [2.24, 2.45) is 0 Å². The van der Waals surface area contributed by atoms with E-state index in [9.17, 15) is 4.79 Å². The number of carboxylic acids is 1. The third-order valence-corrected chi connectivity index (χ3v) is 1.60. The van der Waals surface area contributed by atoms with Crippen LogP contribution < -0.4 is 5.32 Å². The van der Waals surface area contributed by atoms with Gasteiger partial charge in [0, 0.05) is 18.8 Å². The molecule has 1 aromatic heterocycles. The van der Waals surface area contributed by atoms with Crippen molar-refractivity contribution in [2.45, 2.75) is 12.5 Å². The molecule has 66 valence electrons. The molecule has 1 heterocycles. The van der Waals surface area contributed by atoms with Gasteiger partial charge in [0.15, 0.2) is 0 Å². The van der Waals surface area contributed by atoms with Crippen molar-refractivity contribution in [1.29, 1.82) is 0 Å². The molecule has 0 radical (unpaired) electrons. The van der Waals surface area contributed by atoms with Crippen molar-refractivity contribution in [2.75, 3.05) is 7.05 Å².